The van der Waals surface area contributed by atoms with Crippen molar-refractivity contribution < 1.29 is 19.2 Å². The minimum Gasteiger partial charge on any atom is -0.382 e. The fourth-order valence-corrected chi connectivity index (χ4v) is 0.421. The Morgan fingerprint density at radius 3 is 2.20 bits per heavy atom. The number of rotatable bonds is 7. The Kier molecular flexibility index (Phi) is 8.70. The van der Waals surface area contributed by atoms with Crippen LogP contribution in [-0.4, -0.2) is 40.6 Å². The Morgan fingerprint density at radius 1 is 0.900 bits per heavy atom. The smallest absolute Gasteiger partial charge is 0.106 e. The molecule has 0 spiro atoms. The summed E-state index contributed by atoms with van der Waals surface area (Å²) in [7, 11) is 3.10. The molecule has 0 fully saturated rings. The number of hydrogen-bond donors (Lipinski definition) is 0. The molecule has 0 bridgehead atoms. The minimum atomic E-state index is 0.459. The van der Waals surface area contributed by atoms with Gasteiger partial charge in [-0.3, -0.25) is 0 Å². The monoisotopic (exact) mass is 150 g/mol. The van der Waals surface area contributed by atoms with Gasteiger partial charge in [-0.1, -0.05) is 0 Å². The first-order valence-corrected chi connectivity index (χ1v) is 3.14. The van der Waals surface area contributed by atoms with Gasteiger partial charge in [0.05, 0.1) is 26.9 Å². The molecule has 0 saturated carbocycles. The lowest BCUT2D eigenvalue weighted by molar-refractivity contribution is -0.277. The first kappa shape index (κ1) is 9.84. The Hall–Kier alpha value is -0.160. The second-order valence-electron chi connectivity index (χ2n) is 1.59. The lowest BCUT2D eigenvalue weighted by atomic mass is 10.7. The Labute approximate surface area is 60.9 Å². The standard InChI is InChI=1S/C6H14O4/c1-7-3-4-9-5-6-10-8-2/h3-6H2,1-2H3. The van der Waals surface area contributed by atoms with Crippen molar-refractivity contribution in [3.8, 4) is 0 Å². The molecular formula is C6H14O4. The van der Waals surface area contributed by atoms with E-state index in [2.05, 4.69) is 9.78 Å². The molecule has 0 amide bonds. The quantitative estimate of drug-likeness (QED) is 0.296. The summed E-state index contributed by atoms with van der Waals surface area (Å²) in [6, 6.07) is 0. The topological polar surface area (TPSA) is 36.9 Å². The van der Waals surface area contributed by atoms with Crippen LogP contribution in [0.2, 0.25) is 0 Å². The van der Waals surface area contributed by atoms with E-state index >= 15 is 0 Å². The zero-order chi connectivity index (χ0) is 7.66. The van der Waals surface area contributed by atoms with Gasteiger partial charge in [-0.15, -0.1) is 0 Å². The van der Waals surface area contributed by atoms with Gasteiger partial charge in [-0.25, -0.2) is 9.78 Å². The third-order valence-corrected chi connectivity index (χ3v) is 0.861. The van der Waals surface area contributed by atoms with Crippen LogP contribution in [0, 0.1) is 0 Å². The highest BCUT2D eigenvalue weighted by Gasteiger charge is 1.86. The second kappa shape index (κ2) is 8.84. The lowest BCUT2D eigenvalue weighted by Crippen LogP contribution is -2.07. The second-order valence-corrected chi connectivity index (χ2v) is 1.59. The molecule has 0 aliphatic heterocycles. The van der Waals surface area contributed by atoms with E-state index in [1.54, 1.807) is 7.11 Å². The zero-order valence-corrected chi connectivity index (χ0v) is 6.46. The van der Waals surface area contributed by atoms with Gasteiger partial charge in [0.2, 0.25) is 0 Å². The van der Waals surface area contributed by atoms with E-state index in [4.69, 9.17) is 9.47 Å². The highest BCUT2D eigenvalue weighted by molar-refractivity contribution is 4.27. The van der Waals surface area contributed by atoms with E-state index in [1.165, 1.54) is 7.11 Å². The Bertz CT molecular complexity index is 49.7. The predicted octanol–water partition coefficient (Wildman–Crippen LogP) is 0.227. The van der Waals surface area contributed by atoms with Crippen molar-refractivity contribution in [2.75, 3.05) is 40.6 Å². The van der Waals surface area contributed by atoms with Crippen molar-refractivity contribution in [3.05, 3.63) is 0 Å². The van der Waals surface area contributed by atoms with Crippen LogP contribution >= 0.6 is 0 Å². The van der Waals surface area contributed by atoms with Crippen molar-refractivity contribution in [1.82, 2.24) is 0 Å². The van der Waals surface area contributed by atoms with Crippen LogP contribution in [0.1, 0.15) is 0 Å². The average molecular weight is 150 g/mol. The van der Waals surface area contributed by atoms with E-state index in [0.717, 1.165) is 0 Å². The average Bonchev–Trinajstić information content (AvgIpc) is 1.97. The molecule has 62 valence electrons. The van der Waals surface area contributed by atoms with Gasteiger partial charge in [0, 0.05) is 7.11 Å². The maximum atomic E-state index is 5.05. The van der Waals surface area contributed by atoms with Crippen molar-refractivity contribution in [3.63, 3.8) is 0 Å². The Morgan fingerprint density at radius 2 is 1.60 bits per heavy atom. The molecule has 0 rings (SSSR count). The summed E-state index contributed by atoms with van der Waals surface area (Å²) >= 11 is 0. The summed E-state index contributed by atoms with van der Waals surface area (Å²) in [5, 5.41) is 0. The molecule has 0 saturated heterocycles. The summed E-state index contributed by atoms with van der Waals surface area (Å²) in [6.45, 7) is 2.22. The minimum absolute atomic E-state index is 0.459. The SMILES string of the molecule is COCCOCCOOC. The third kappa shape index (κ3) is 7.84. The molecule has 0 aromatic carbocycles. The van der Waals surface area contributed by atoms with Crippen LogP contribution in [0.5, 0.6) is 0 Å². The summed E-state index contributed by atoms with van der Waals surface area (Å²) in [5.74, 6) is 0. The first-order chi connectivity index (χ1) is 4.91. The van der Waals surface area contributed by atoms with Crippen LogP contribution in [0.3, 0.4) is 0 Å². The fourth-order valence-electron chi connectivity index (χ4n) is 0.421. The van der Waals surface area contributed by atoms with Crippen molar-refractivity contribution in [1.29, 1.82) is 0 Å². The van der Waals surface area contributed by atoms with Gasteiger partial charge < -0.3 is 9.47 Å². The summed E-state index contributed by atoms with van der Waals surface area (Å²) < 4.78 is 9.80. The summed E-state index contributed by atoms with van der Waals surface area (Å²) in [4.78, 5) is 8.88. The van der Waals surface area contributed by atoms with Gasteiger partial charge >= 0.3 is 0 Å². The third-order valence-electron chi connectivity index (χ3n) is 0.861. The molecule has 4 heteroatoms. The maximum Gasteiger partial charge on any atom is 0.106 e. The van der Waals surface area contributed by atoms with Crippen LogP contribution in [0.4, 0.5) is 0 Å². The molecular weight excluding hydrogens is 136 g/mol. The van der Waals surface area contributed by atoms with Gasteiger partial charge in [0.25, 0.3) is 0 Å². The molecule has 4 nitrogen and oxygen atoms in total. The van der Waals surface area contributed by atoms with Crippen LogP contribution in [0.15, 0.2) is 0 Å². The van der Waals surface area contributed by atoms with Crippen molar-refractivity contribution in [2.45, 2.75) is 0 Å². The highest BCUT2D eigenvalue weighted by atomic mass is 17.2. The molecule has 0 atom stereocenters. The normalized spacial score (nSPS) is 10.2. The summed E-state index contributed by atoms with van der Waals surface area (Å²) in [6.07, 6.45) is 0. The molecule has 0 unspecified atom stereocenters. The number of hydrogen-bond acceptors (Lipinski definition) is 4. The molecule has 0 N–H and O–H groups in total. The molecule has 0 aliphatic rings. The first-order valence-electron chi connectivity index (χ1n) is 3.14. The van der Waals surface area contributed by atoms with Crippen LogP contribution in [-0.2, 0) is 19.2 Å². The van der Waals surface area contributed by atoms with Gasteiger partial charge in [0.15, 0.2) is 0 Å². The van der Waals surface area contributed by atoms with E-state index in [9.17, 15) is 0 Å². The number of methoxy groups -OCH3 is 1. The van der Waals surface area contributed by atoms with Gasteiger partial charge in [0.1, 0.15) is 6.61 Å². The van der Waals surface area contributed by atoms with E-state index in [-0.39, 0.29) is 0 Å². The van der Waals surface area contributed by atoms with Crippen molar-refractivity contribution in [2.24, 2.45) is 0 Å². The lowest BCUT2D eigenvalue weighted by Gasteiger charge is -2.01. The van der Waals surface area contributed by atoms with E-state index in [0.29, 0.717) is 26.4 Å². The van der Waals surface area contributed by atoms with Gasteiger partial charge in [-0.2, -0.15) is 0 Å². The van der Waals surface area contributed by atoms with Crippen LogP contribution in [0.25, 0.3) is 0 Å². The largest absolute Gasteiger partial charge is 0.382 e. The molecule has 0 aromatic rings. The van der Waals surface area contributed by atoms with E-state index < -0.39 is 0 Å². The van der Waals surface area contributed by atoms with E-state index in [1.807, 2.05) is 0 Å². The van der Waals surface area contributed by atoms with Gasteiger partial charge in [-0.05, 0) is 0 Å². The number of ether oxygens (including phenoxy) is 2. The molecule has 10 heavy (non-hydrogen) atoms. The van der Waals surface area contributed by atoms with Crippen molar-refractivity contribution >= 4 is 0 Å². The molecule has 0 aliphatic carbocycles. The molecule has 0 aromatic heterocycles. The predicted molar refractivity (Wildman–Crippen MR) is 35.7 cm³/mol. The molecule has 0 radical (unpaired) electrons. The highest BCUT2D eigenvalue weighted by Crippen LogP contribution is 1.78. The Balaban J connectivity index is 2.65. The summed E-state index contributed by atoms with van der Waals surface area (Å²) in [5.41, 5.74) is 0. The van der Waals surface area contributed by atoms with Crippen LogP contribution < -0.4 is 0 Å². The zero-order valence-electron chi connectivity index (χ0n) is 6.46. The molecule has 0 heterocycles. The fraction of sp³-hybridized carbons (Fsp3) is 1.00. The maximum absolute atomic E-state index is 5.05.